The van der Waals surface area contributed by atoms with E-state index in [2.05, 4.69) is 52.3 Å². The molecule has 1 fully saturated rings. The van der Waals surface area contributed by atoms with Gasteiger partial charge in [-0.25, -0.2) is 0 Å². The van der Waals surface area contributed by atoms with Gasteiger partial charge in [-0.1, -0.05) is 48.0 Å². The lowest BCUT2D eigenvalue weighted by Crippen LogP contribution is -2.48. The molecule has 2 aliphatic heterocycles. The molecule has 4 nitrogen and oxygen atoms in total. The standard InChI is InChI=1S/C26H26ClN3O/c27-23-5-3-6-24(18-23)28-14-16-29(17-15-28)26(31)22-10-8-20(9-11-22)19-30-13-12-21-4-1-2-7-25(21)30/h1-11,18H,12-17,19H2. The maximum Gasteiger partial charge on any atom is 0.253 e. The molecule has 0 saturated carbocycles. The highest BCUT2D eigenvalue weighted by Gasteiger charge is 2.23. The van der Waals surface area contributed by atoms with Gasteiger partial charge in [0.2, 0.25) is 0 Å². The fourth-order valence-corrected chi connectivity index (χ4v) is 4.75. The third kappa shape index (κ3) is 4.26. The average molecular weight is 432 g/mol. The van der Waals surface area contributed by atoms with E-state index in [-0.39, 0.29) is 5.91 Å². The molecule has 1 amide bonds. The lowest BCUT2D eigenvalue weighted by molar-refractivity contribution is 0.0747. The summed E-state index contributed by atoms with van der Waals surface area (Å²) in [5, 5.41) is 0.744. The van der Waals surface area contributed by atoms with Gasteiger partial charge in [0.25, 0.3) is 5.91 Å². The number of piperazine rings is 1. The number of fused-ring (bicyclic) bond motifs is 1. The predicted molar refractivity (Wildman–Crippen MR) is 127 cm³/mol. The number of carbonyl (C=O) groups excluding carboxylic acids is 1. The van der Waals surface area contributed by atoms with E-state index in [1.54, 1.807) is 0 Å². The Morgan fingerprint density at radius 3 is 2.39 bits per heavy atom. The molecule has 3 aromatic carbocycles. The number of carbonyl (C=O) groups is 1. The first kappa shape index (κ1) is 20.0. The molecule has 5 heteroatoms. The van der Waals surface area contributed by atoms with Crippen LogP contribution in [0.1, 0.15) is 21.5 Å². The Kier molecular flexibility index (Phi) is 5.56. The number of rotatable bonds is 4. The van der Waals surface area contributed by atoms with Crippen molar-refractivity contribution in [3.8, 4) is 0 Å². The Bertz CT molecular complexity index is 1070. The highest BCUT2D eigenvalue weighted by Crippen LogP contribution is 2.29. The first-order valence-electron chi connectivity index (χ1n) is 10.9. The van der Waals surface area contributed by atoms with Gasteiger partial charge in [0.1, 0.15) is 0 Å². The maximum atomic E-state index is 13.0. The van der Waals surface area contributed by atoms with Crippen molar-refractivity contribution in [2.75, 3.05) is 42.5 Å². The number of hydrogen-bond donors (Lipinski definition) is 0. The van der Waals surface area contributed by atoms with E-state index >= 15 is 0 Å². The number of amides is 1. The van der Waals surface area contributed by atoms with Gasteiger partial charge in [0.05, 0.1) is 0 Å². The number of halogens is 1. The summed E-state index contributed by atoms with van der Waals surface area (Å²) in [6.45, 7) is 5.01. The lowest BCUT2D eigenvalue weighted by Gasteiger charge is -2.36. The molecule has 158 valence electrons. The summed E-state index contributed by atoms with van der Waals surface area (Å²) in [6, 6.07) is 24.7. The fraction of sp³-hybridized carbons (Fsp3) is 0.269. The van der Waals surface area contributed by atoms with E-state index in [9.17, 15) is 4.79 Å². The fourth-order valence-electron chi connectivity index (χ4n) is 4.57. The number of para-hydroxylation sites is 1. The molecule has 31 heavy (non-hydrogen) atoms. The Morgan fingerprint density at radius 2 is 1.61 bits per heavy atom. The van der Waals surface area contributed by atoms with Gasteiger partial charge in [-0.3, -0.25) is 4.79 Å². The molecule has 0 bridgehead atoms. The Hall–Kier alpha value is -2.98. The molecular formula is C26H26ClN3O. The molecule has 1 saturated heterocycles. The third-order valence-electron chi connectivity index (χ3n) is 6.30. The topological polar surface area (TPSA) is 26.8 Å². The summed E-state index contributed by atoms with van der Waals surface area (Å²) in [4.78, 5) is 19.6. The molecule has 0 spiro atoms. The Morgan fingerprint density at radius 1 is 0.839 bits per heavy atom. The Labute approximate surface area is 188 Å². The predicted octanol–water partition coefficient (Wildman–Crippen LogP) is 4.87. The van der Waals surface area contributed by atoms with Crippen LogP contribution in [0.4, 0.5) is 11.4 Å². The molecule has 0 radical (unpaired) electrons. The van der Waals surface area contributed by atoms with Gasteiger partial charge >= 0.3 is 0 Å². The van der Waals surface area contributed by atoms with E-state index in [0.29, 0.717) is 0 Å². The smallest absolute Gasteiger partial charge is 0.253 e. The van der Waals surface area contributed by atoms with Crippen molar-refractivity contribution in [1.29, 1.82) is 0 Å². The highest BCUT2D eigenvalue weighted by molar-refractivity contribution is 6.30. The van der Waals surface area contributed by atoms with Gasteiger partial charge in [-0.05, 0) is 53.9 Å². The number of anilines is 2. The lowest BCUT2D eigenvalue weighted by atomic mass is 10.1. The normalized spacial score (nSPS) is 15.8. The molecule has 5 rings (SSSR count). The zero-order valence-electron chi connectivity index (χ0n) is 17.5. The van der Waals surface area contributed by atoms with Gasteiger partial charge in [-0.2, -0.15) is 0 Å². The van der Waals surface area contributed by atoms with E-state index < -0.39 is 0 Å². The van der Waals surface area contributed by atoms with Crippen molar-refractivity contribution in [1.82, 2.24) is 4.90 Å². The van der Waals surface area contributed by atoms with Crippen LogP contribution in [0.3, 0.4) is 0 Å². The summed E-state index contributed by atoms with van der Waals surface area (Å²) < 4.78 is 0. The van der Waals surface area contributed by atoms with Crippen LogP contribution in [0.25, 0.3) is 0 Å². The molecule has 0 aromatic heterocycles. The van der Waals surface area contributed by atoms with Gasteiger partial charge in [0, 0.05) is 61.2 Å². The number of nitrogens with zero attached hydrogens (tertiary/aromatic N) is 3. The first-order valence-corrected chi connectivity index (χ1v) is 11.3. The Balaban J connectivity index is 1.19. The van der Waals surface area contributed by atoms with Crippen LogP contribution in [0.2, 0.25) is 5.02 Å². The van der Waals surface area contributed by atoms with Crippen LogP contribution >= 0.6 is 11.6 Å². The first-order chi connectivity index (χ1) is 15.2. The van der Waals surface area contributed by atoms with E-state index in [1.807, 2.05) is 35.2 Å². The number of hydrogen-bond acceptors (Lipinski definition) is 3. The molecule has 0 unspecified atom stereocenters. The van der Waals surface area contributed by atoms with Crippen LogP contribution in [0.15, 0.2) is 72.8 Å². The van der Waals surface area contributed by atoms with Crippen molar-refractivity contribution in [3.05, 3.63) is 94.5 Å². The van der Waals surface area contributed by atoms with Crippen LogP contribution in [-0.2, 0) is 13.0 Å². The largest absolute Gasteiger partial charge is 0.368 e. The molecule has 0 N–H and O–H groups in total. The van der Waals surface area contributed by atoms with E-state index in [4.69, 9.17) is 11.6 Å². The minimum absolute atomic E-state index is 0.115. The van der Waals surface area contributed by atoms with Crippen LogP contribution in [0, 0.1) is 0 Å². The summed E-state index contributed by atoms with van der Waals surface area (Å²) >= 11 is 6.12. The zero-order chi connectivity index (χ0) is 21.2. The summed E-state index contributed by atoms with van der Waals surface area (Å²) in [6.07, 6.45) is 1.11. The van der Waals surface area contributed by atoms with E-state index in [0.717, 1.165) is 62.0 Å². The van der Waals surface area contributed by atoms with Crippen molar-refractivity contribution in [3.63, 3.8) is 0 Å². The average Bonchev–Trinajstić information content (AvgIpc) is 3.22. The second-order valence-electron chi connectivity index (χ2n) is 8.26. The van der Waals surface area contributed by atoms with Gasteiger partial charge in [-0.15, -0.1) is 0 Å². The maximum absolute atomic E-state index is 13.0. The summed E-state index contributed by atoms with van der Waals surface area (Å²) in [5.74, 6) is 0.115. The number of benzene rings is 3. The summed E-state index contributed by atoms with van der Waals surface area (Å²) in [5.41, 5.74) is 5.87. The zero-order valence-corrected chi connectivity index (χ0v) is 18.3. The minimum atomic E-state index is 0.115. The summed E-state index contributed by atoms with van der Waals surface area (Å²) in [7, 11) is 0. The van der Waals surface area contributed by atoms with Crippen LogP contribution in [0.5, 0.6) is 0 Å². The molecule has 3 aromatic rings. The molecule has 0 atom stereocenters. The molecule has 2 aliphatic rings. The van der Waals surface area contributed by atoms with Gasteiger partial charge in [0.15, 0.2) is 0 Å². The van der Waals surface area contributed by atoms with Crippen molar-refractivity contribution < 1.29 is 4.79 Å². The highest BCUT2D eigenvalue weighted by atomic mass is 35.5. The quantitative estimate of drug-likeness (QED) is 0.590. The second-order valence-corrected chi connectivity index (χ2v) is 8.69. The van der Waals surface area contributed by atoms with Crippen molar-refractivity contribution in [2.24, 2.45) is 0 Å². The van der Waals surface area contributed by atoms with Crippen molar-refractivity contribution in [2.45, 2.75) is 13.0 Å². The SMILES string of the molecule is O=C(c1ccc(CN2CCc3ccccc32)cc1)N1CCN(c2cccc(Cl)c2)CC1. The second kappa shape index (κ2) is 8.64. The monoisotopic (exact) mass is 431 g/mol. The van der Waals surface area contributed by atoms with Crippen molar-refractivity contribution >= 4 is 28.9 Å². The molecule has 0 aliphatic carbocycles. The molecule has 2 heterocycles. The van der Waals surface area contributed by atoms with Crippen LogP contribution < -0.4 is 9.80 Å². The van der Waals surface area contributed by atoms with E-state index in [1.165, 1.54) is 16.8 Å². The van der Waals surface area contributed by atoms with Crippen LogP contribution in [-0.4, -0.2) is 43.5 Å². The third-order valence-corrected chi connectivity index (χ3v) is 6.53. The minimum Gasteiger partial charge on any atom is -0.368 e. The molecular weight excluding hydrogens is 406 g/mol. The van der Waals surface area contributed by atoms with Gasteiger partial charge < -0.3 is 14.7 Å².